The van der Waals surface area contributed by atoms with Crippen molar-refractivity contribution >= 4 is 21.6 Å². The van der Waals surface area contributed by atoms with Crippen LogP contribution in [0.4, 0.5) is 14.9 Å². The van der Waals surface area contributed by atoms with Crippen LogP contribution in [0.15, 0.2) is 71.6 Å². The number of quaternary nitrogens is 1. The van der Waals surface area contributed by atoms with Gasteiger partial charge in [-0.3, -0.25) is 4.90 Å². The Hall–Kier alpha value is -3.43. The fraction of sp³-hybridized carbons (Fsp3) is 0.367. The highest BCUT2D eigenvalue weighted by Crippen LogP contribution is 2.40. The van der Waals surface area contributed by atoms with E-state index in [9.17, 15) is 17.6 Å². The molecule has 9 heteroatoms. The molecule has 0 atom stereocenters. The fourth-order valence-electron chi connectivity index (χ4n) is 5.73. The summed E-state index contributed by atoms with van der Waals surface area (Å²) in [6, 6.07) is 18.9. The number of rotatable bonds is 7. The van der Waals surface area contributed by atoms with E-state index < -0.39 is 21.2 Å². The average Bonchev–Trinajstić information content (AvgIpc) is 3.20. The lowest BCUT2D eigenvalue weighted by molar-refractivity contribution is -0.919. The molecule has 7 nitrogen and oxygen atoms in total. The summed E-state index contributed by atoms with van der Waals surface area (Å²) in [6.07, 6.45) is 2.82. The Morgan fingerprint density at radius 2 is 1.77 bits per heavy atom. The van der Waals surface area contributed by atoms with Gasteiger partial charge in [-0.2, -0.15) is 0 Å². The Labute approximate surface area is 229 Å². The maximum absolute atomic E-state index is 14.6. The third kappa shape index (κ3) is 5.79. The van der Waals surface area contributed by atoms with Crippen LogP contribution in [0.5, 0.6) is 5.75 Å². The van der Waals surface area contributed by atoms with Crippen LogP contribution in [0.1, 0.15) is 32.3 Å². The van der Waals surface area contributed by atoms with Crippen LogP contribution in [0, 0.1) is 5.82 Å². The van der Waals surface area contributed by atoms with Crippen molar-refractivity contribution in [3.8, 4) is 16.9 Å². The zero-order valence-corrected chi connectivity index (χ0v) is 23.4. The normalized spacial score (nSPS) is 21.4. The first kappa shape index (κ1) is 27.1. The highest BCUT2D eigenvalue weighted by molar-refractivity contribution is 7.90. The monoisotopic (exact) mass is 552 g/mol. The Morgan fingerprint density at radius 3 is 2.44 bits per heavy atom. The van der Waals surface area contributed by atoms with Gasteiger partial charge in [0.1, 0.15) is 18.1 Å². The molecule has 1 spiro atoms. The number of nitrogens with one attached hydrogen (secondary N) is 2. The van der Waals surface area contributed by atoms with E-state index in [0.29, 0.717) is 17.8 Å². The molecule has 39 heavy (non-hydrogen) atoms. The van der Waals surface area contributed by atoms with Crippen LogP contribution >= 0.6 is 0 Å². The van der Waals surface area contributed by atoms with Gasteiger partial charge >= 0.3 is 6.03 Å². The van der Waals surface area contributed by atoms with Gasteiger partial charge in [-0.1, -0.05) is 24.3 Å². The summed E-state index contributed by atoms with van der Waals surface area (Å²) in [5.74, 6) is 0.443. The zero-order valence-electron chi connectivity index (χ0n) is 22.5. The topological polar surface area (TPSA) is 80.2 Å². The number of likely N-dealkylation sites (tertiary alicyclic amines) is 1. The molecule has 0 aromatic heterocycles. The summed E-state index contributed by atoms with van der Waals surface area (Å²) in [4.78, 5) is 16.6. The number of benzene rings is 3. The van der Waals surface area contributed by atoms with Crippen molar-refractivity contribution < 1.29 is 27.2 Å². The SMILES string of the molecule is CC(C)Oc1cccc(C[NH+]2CCC3(CC2)CNC(=O)N3c2cc(F)ccc2-c2ccc(S(C)(=O)=O)cc2)c1. The molecule has 2 heterocycles. The second kappa shape index (κ2) is 10.6. The third-order valence-corrected chi connectivity index (χ3v) is 8.78. The smallest absolute Gasteiger partial charge is 0.322 e. The molecule has 2 fully saturated rings. The summed E-state index contributed by atoms with van der Waals surface area (Å²) in [6.45, 7) is 7.13. The first-order valence-electron chi connectivity index (χ1n) is 13.3. The van der Waals surface area contributed by atoms with Crippen LogP contribution in [-0.2, 0) is 16.4 Å². The predicted molar refractivity (Wildman–Crippen MR) is 149 cm³/mol. The molecule has 0 unspecified atom stereocenters. The first-order chi connectivity index (χ1) is 18.5. The molecule has 2 saturated heterocycles. The molecule has 2 amide bonds. The van der Waals surface area contributed by atoms with Crippen molar-refractivity contribution in [1.29, 1.82) is 0 Å². The van der Waals surface area contributed by atoms with Crippen LogP contribution in [0.3, 0.4) is 0 Å². The van der Waals surface area contributed by atoms with Crippen molar-refractivity contribution in [2.45, 2.75) is 49.8 Å². The first-order valence-corrected chi connectivity index (χ1v) is 15.2. The quantitative estimate of drug-likeness (QED) is 0.467. The second-order valence-corrected chi connectivity index (χ2v) is 12.9. The summed E-state index contributed by atoms with van der Waals surface area (Å²) in [5.41, 5.74) is 2.65. The van der Waals surface area contributed by atoms with Crippen LogP contribution in [0.25, 0.3) is 11.1 Å². The van der Waals surface area contributed by atoms with Crippen molar-refractivity contribution in [2.24, 2.45) is 0 Å². The Kier molecular flexibility index (Phi) is 7.39. The lowest BCUT2D eigenvalue weighted by Crippen LogP contribution is -3.12. The van der Waals surface area contributed by atoms with Crippen LogP contribution in [0.2, 0.25) is 0 Å². The number of nitrogens with zero attached hydrogens (tertiary/aromatic N) is 1. The fourth-order valence-corrected chi connectivity index (χ4v) is 6.36. The van der Waals surface area contributed by atoms with Gasteiger partial charge < -0.3 is 15.0 Å². The molecular weight excluding hydrogens is 517 g/mol. The van der Waals surface area contributed by atoms with E-state index in [1.54, 1.807) is 35.2 Å². The van der Waals surface area contributed by atoms with Crippen molar-refractivity contribution in [3.63, 3.8) is 0 Å². The molecule has 2 aliphatic heterocycles. The highest BCUT2D eigenvalue weighted by atomic mass is 32.2. The molecule has 0 aliphatic carbocycles. The van der Waals surface area contributed by atoms with Gasteiger partial charge in [-0.05, 0) is 61.9 Å². The zero-order chi connectivity index (χ0) is 27.8. The molecule has 5 rings (SSSR count). The maximum atomic E-state index is 14.6. The van der Waals surface area contributed by atoms with Gasteiger partial charge in [-0.15, -0.1) is 0 Å². The molecule has 2 N–H and O–H groups in total. The molecule has 0 radical (unpaired) electrons. The standard InChI is InChI=1S/C30H34FN3O4S/c1-21(2)38-25-6-4-5-22(17-25)19-33-15-13-30(14-16-33)20-32-29(35)34(30)28-18-24(31)9-12-27(28)23-7-10-26(11-8-23)39(3,36)37/h4-12,17-18,21H,13-16,19-20H2,1-3H3,(H,32,35)/p+1. The molecule has 0 saturated carbocycles. The predicted octanol–water partition coefficient (Wildman–Crippen LogP) is 3.83. The van der Waals surface area contributed by atoms with E-state index in [1.807, 2.05) is 26.0 Å². The Morgan fingerprint density at radius 1 is 1.05 bits per heavy atom. The number of hydrogen-bond acceptors (Lipinski definition) is 4. The third-order valence-electron chi connectivity index (χ3n) is 7.65. The number of piperidine rings is 1. The molecular formula is C30H35FN3O4S+. The molecule has 3 aromatic rings. The largest absolute Gasteiger partial charge is 0.491 e. The average molecular weight is 553 g/mol. The van der Waals surface area contributed by atoms with Gasteiger partial charge in [0.2, 0.25) is 0 Å². The second-order valence-electron chi connectivity index (χ2n) is 10.9. The number of halogens is 1. The maximum Gasteiger partial charge on any atom is 0.322 e. The number of amides is 2. The summed E-state index contributed by atoms with van der Waals surface area (Å²) >= 11 is 0. The van der Waals surface area contributed by atoms with E-state index in [-0.39, 0.29) is 17.0 Å². The molecule has 3 aromatic carbocycles. The van der Waals surface area contributed by atoms with E-state index in [1.165, 1.54) is 22.6 Å². The summed E-state index contributed by atoms with van der Waals surface area (Å²) < 4.78 is 44.3. The number of carbonyl (C=O) groups is 1. The Balaban J connectivity index is 1.38. The van der Waals surface area contributed by atoms with E-state index >= 15 is 0 Å². The lowest BCUT2D eigenvalue weighted by Gasteiger charge is -2.42. The van der Waals surface area contributed by atoms with Gasteiger partial charge in [0.15, 0.2) is 9.84 Å². The van der Waals surface area contributed by atoms with Crippen LogP contribution < -0.4 is 19.9 Å². The number of urea groups is 1. The minimum absolute atomic E-state index is 0.117. The van der Waals surface area contributed by atoms with Crippen molar-refractivity contribution in [1.82, 2.24) is 5.32 Å². The van der Waals surface area contributed by atoms with Crippen LogP contribution in [-0.4, -0.2) is 52.0 Å². The van der Waals surface area contributed by atoms with E-state index in [4.69, 9.17) is 4.74 Å². The number of hydrogen-bond donors (Lipinski definition) is 2. The number of ether oxygens (including phenoxy) is 1. The van der Waals surface area contributed by atoms with Crippen molar-refractivity contribution in [3.05, 3.63) is 78.1 Å². The molecule has 0 bridgehead atoms. The summed E-state index contributed by atoms with van der Waals surface area (Å²) in [7, 11) is -3.35. The molecule has 206 valence electrons. The van der Waals surface area contributed by atoms with Gasteiger partial charge in [0, 0.05) is 36.8 Å². The minimum Gasteiger partial charge on any atom is -0.491 e. The number of anilines is 1. The van der Waals surface area contributed by atoms with E-state index in [2.05, 4.69) is 17.4 Å². The van der Waals surface area contributed by atoms with Gasteiger partial charge in [-0.25, -0.2) is 17.6 Å². The Bertz CT molecular complexity index is 1470. The highest BCUT2D eigenvalue weighted by Gasteiger charge is 2.50. The minimum atomic E-state index is -3.35. The van der Waals surface area contributed by atoms with Gasteiger partial charge in [0.05, 0.1) is 35.3 Å². The number of sulfone groups is 1. The van der Waals surface area contributed by atoms with Gasteiger partial charge in [0.25, 0.3) is 0 Å². The van der Waals surface area contributed by atoms with E-state index in [0.717, 1.165) is 50.0 Å². The number of carbonyl (C=O) groups excluding carboxylic acids is 1. The lowest BCUT2D eigenvalue weighted by atomic mass is 9.85. The summed E-state index contributed by atoms with van der Waals surface area (Å²) in [5, 5.41) is 3.01. The van der Waals surface area contributed by atoms with Crippen molar-refractivity contribution in [2.75, 3.05) is 30.8 Å². The molecule has 2 aliphatic rings.